The lowest BCUT2D eigenvalue weighted by atomic mass is 9.89. The molecule has 0 atom stereocenters. The zero-order valence-electron chi connectivity index (χ0n) is 18.0. The number of hydrogen-bond donors (Lipinski definition) is 2. The molecule has 0 spiro atoms. The van der Waals surface area contributed by atoms with Crippen LogP contribution in [0.5, 0.6) is 0 Å². The van der Waals surface area contributed by atoms with Gasteiger partial charge in [-0.15, -0.1) is 11.3 Å². The summed E-state index contributed by atoms with van der Waals surface area (Å²) in [5, 5.41) is 11.0. The van der Waals surface area contributed by atoms with E-state index in [1.165, 1.54) is 15.9 Å². The fraction of sp³-hybridized carbons (Fsp3) is 0.600. The van der Waals surface area contributed by atoms with Gasteiger partial charge in [0.25, 0.3) is 5.56 Å². The molecule has 2 aromatic rings. The zero-order chi connectivity index (χ0) is 22.1. The summed E-state index contributed by atoms with van der Waals surface area (Å²) in [5.74, 6) is 0.654. The first-order valence-corrected chi connectivity index (χ1v) is 11.2. The lowest BCUT2D eigenvalue weighted by molar-refractivity contribution is 0.00357. The number of aromatic nitrogens is 2. The second-order valence-corrected chi connectivity index (χ2v) is 8.93. The SMILES string of the molecule is COCCn1c(=O)n([C@H]2C[C@H](OC)C2)c(=O)c2c(C)c(CN3CCN/C3=N\C=N)sc21. The van der Waals surface area contributed by atoms with E-state index in [2.05, 4.69) is 10.3 Å². The molecule has 0 radical (unpaired) electrons. The fourth-order valence-electron chi connectivity index (χ4n) is 4.24. The number of aliphatic imine (C=N–C) groups is 1. The summed E-state index contributed by atoms with van der Waals surface area (Å²) < 4.78 is 13.7. The van der Waals surface area contributed by atoms with Crippen LogP contribution in [0.15, 0.2) is 14.6 Å². The summed E-state index contributed by atoms with van der Waals surface area (Å²) >= 11 is 1.48. The Morgan fingerprint density at radius 1 is 1.32 bits per heavy atom. The summed E-state index contributed by atoms with van der Waals surface area (Å²) in [7, 11) is 3.26. The maximum atomic E-state index is 13.4. The molecular weight excluding hydrogens is 420 g/mol. The standard InChI is InChI=1S/C20H28N6O4S/c1-12-15(10-24-5-4-22-19(24)23-11-21)31-18-16(12)17(27)26(13-8-14(9-13)30-3)20(28)25(18)6-7-29-2/h11,13-14H,4-10H2,1-3H3,(H2,21,22,23)/t13-,14-. The number of thiophene rings is 1. The first kappa shape index (κ1) is 21.7. The molecule has 2 fully saturated rings. The molecule has 1 aliphatic heterocycles. The van der Waals surface area contributed by atoms with E-state index in [1.807, 2.05) is 11.8 Å². The summed E-state index contributed by atoms with van der Waals surface area (Å²) in [5.41, 5.74) is 0.394. The molecule has 2 aliphatic rings. The van der Waals surface area contributed by atoms with Crippen molar-refractivity contribution >= 4 is 33.9 Å². The molecule has 1 saturated carbocycles. The van der Waals surface area contributed by atoms with Gasteiger partial charge in [-0.25, -0.2) is 9.79 Å². The Kier molecular flexibility index (Phi) is 6.26. The molecule has 1 saturated heterocycles. The number of guanidine groups is 1. The van der Waals surface area contributed by atoms with Crippen LogP contribution in [0.2, 0.25) is 0 Å². The van der Waals surface area contributed by atoms with Crippen LogP contribution in [-0.4, -0.2) is 66.4 Å². The minimum Gasteiger partial charge on any atom is -0.383 e. The van der Waals surface area contributed by atoms with E-state index in [0.717, 1.165) is 29.9 Å². The second-order valence-electron chi connectivity index (χ2n) is 7.85. The minimum absolute atomic E-state index is 0.0905. The summed E-state index contributed by atoms with van der Waals surface area (Å²) in [4.78, 5) is 34.6. The summed E-state index contributed by atoms with van der Waals surface area (Å²) in [6.45, 7) is 4.80. The van der Waals surface area contributed by atoms with Crippen molar-refractivity contribution in [2.24, 2.45) is 4.99 Å². The van der Waals surface area contributed by atoms with Gasteiger partial charge >= 0.3 is 5.69 Å². The average Bonchev–Trinajstić information content (AvgIpc) is 3.28. The molecule has 2 N–H and O–H groups in total. The van der Waals surface area contributed by atoms with E-state index in [0.29, 0.717) is 48.7 Å². The molecule has 10 nitrogen and oxygen atoms in total. The molecule has 1 aliphatic carbocycles. The van der Waals surface area contributed by atoms with Gasteiger partial charge in [-0.05, 0) is 25.3 Å². The number of aryl methyl sites for hydroxylation is 1. The molecule has 11 heteroatoms. The van der Waals surface area contributed by atoms with Crippen LogP contribution in [0.25, 0.3) is 10.2 Å². The number of nitrogens with zero attached hydrogens (tertiary/aromatic N) is 4. The van der Waals surface area contributed by atoms with Crippen molar-refractivity contribution in [3.63, 3.8) is 0 Å². The molecule has 0 aromatic carbocycles. The third kappa shape index (κ3) is 3.81. The van der Waals surface area contributed by atoms with Crippen molar-refractivity contribution in [2.75, 3.05) is 33.9 Å². The number of ether oxygens (including phenoxy) is 2. The maximum absolute atomic E-state index is 13.4. The Morgan fingerprint density at radius 2 is 2.10 bits per heavy atom. The van der Waals surface area contributed by atoms with E-state index in [4.69, 9.17) is 14.9 Å². The van der Waals surface area contributed by atoms with Gasteiger partial charge in [0.05, 0.1) is 31.2 Å². The summed E-state index contributed by atoms with van der Waals surface area (Å²) in [6, 6.07) is -0.139. The Hall–Kier alpha value is -2.50. The van der Waals surface area contributed by atoms with Crippen molar-refractivity contribution in [3.8, 4) is 0 Å². The van der Waals surface area contributed by atoms with E-state index < -0.39 is 0 Å². The average molecular weight is 449 g/mol. The van der Waals surface area contributed by atoms with Crippen LogP contribution < -0.4 is 16.6 Å². The van der Waals surface area contributed by atoms with Crippen molar-refractivity contribution in [1.29, 1.82) is 5.41 Å². The van der Waals surface area contributed by atoms with E-state index in [1.54, 1.807) is 18.8 Å². The predicted molar refractivity (Wildman–Crippen MR) is 121 cm³/mol. The molecule has 4 rings (SSSR count). The first-order valence-electron chi connectivity index (χ1n) is 10.3. The highest BCUT2D eigenvalue weighted by Gasteiger charge is 2.34. The molecule has 168 valence electrons. The van der Waals surface area contributed by atoms with Gasteiger partial charge < -0.3 is 19.7 Å². The topological polar surface area (TPSA) is 114 Å². The number of hydrogen-bond acceptors (Lipinski definition) is 6. The Morgan fingerprint density at radius 3 is 2.77 bits per heavy atom. The zero-order valence-corrected chi connectivity index (χ0v) is 18.8. The molecule has 31 heavy (non-hydrogen) atoms. The van der Waals surface area contributed by atoms with Crippen molar-refractivity contribution < 1.29 is 9.47 Å². The number of methoxy groups -OCH3 is 2. The molecule has 3 heterocycles. The fourth-order valence-corrected chi connectivity index (χ4v) is 5.57. The van der Waals surface area contributed by atoms with Gasteiger partial charge in [0.1, 0.15) is 11.2 Å². The number of rotatable bonds is 8. The monoisotopic (exact) mass is 448 g/mol. The maximum Gasteiger partial charge on any atom is 0.332 e. The second kappa shape index (κ2) is 8.93. The third-order valence-corrected chi connectivity index (χ3v) is 7.41. The minimum atomic E-state index is -0.282. The van der Waals surface area contributed by atoms with Crippen molar-refractivity contribution in [1.82, 2.24) is 19.4 Å². The third-order valence-electron chi connectivity index (χ3n) is 6.11. The van der Waals surface area contributed by atoms with Crippen LogP contribution in [0.4, 0.5) is 0 Å². The van der Waals surface area contributed by atoms with Gasteiger partial charge in [0.2, 0.25) is 5.96 Å². The van der Waals surface area contributed by atoms with Gasteiger partial charge in [-0.1, -0.05) is 0 Å². The van der Waals surface area contributed by atoms with Gasteiger partial charge in [-0.3, -0.25) is 19.3 Å². The van der Waals surface area contributed by atoms with Crippen LogP contribution in [0.1, 0.15) is 29.3 Å². The van der Waals surface area contributed by atoms with Crippen LogP contribution in [0, 0.1) is 12.3 Å². The Bertz CT molecular complexity index is 1130. The van der Waals surface area contributed by atoms with Crippen molar-refractivity contribution in [2.45, 2.75) is 45.0 Å². The van der Waals surface area contributed by atoms with Crippen LogP contribution >= 0.6 is 11.3 Å². The largest absolute Gasteiger partial charge is 0.383 e. The highest BCUT2D eigenvalue weighted by Crippen LogP contribution is 2.34. The van der Waals surface area contributed by atoms with Gasteiger partial charge in [0.15, 0.2) is 0 Å². The van der Waals surface area contributed by atoms with E-state index >= 15 is 0 Å². The Balaban J connectivity index is 1.81. The quantitative estimate of drug-likeness (QED) is 0.458. The van der Waals surface area contributed by atoms with Crippen LogP contribution in [-0.2, 0) is 22.6 Å². The normalized spacial score (nSPS) is 22.2. The highest BCUT2D eigenvalue weighted by atomic mass is 32.1. The van der Waals surface area contributed by atoms with Gasteiger partial charge in [-0.2, -0.15) is 0 Å². The lowest BCUT2D eigenvalue weighted by Crippen LogP contribution is -2.47. The number of nitrogens with one attached hydrogen (secondary N) is 2. The van der Waals surface area contributed by atoms with E-state index in [-0.39, 0.29) is 23.4 Å². The van der Waals surface area contributed by atoms with Crippen LogP contribution in [0.3, 0.4) is 0 Å². The molecule has 0 unspecified atom stereocenters. The lowest BCUT2D eigenvalue weighted by Gasteiger charge is -2.35. The first-order chi connectivity index (χ1) is 15.0. The van der Waals surface area contributed by atoms with Crippen molar-refractivity contribution in [3.05, 3.63) is 31.3 Å². The smallest absolute Gasteiger partial charge is 0.332 e. The predicted octanol–water partition coefficient (Wildman–Crippen LogP) is 0.898. The van der Waals surface area contributed by atoms with E-state index in [9.17, 15) is 9.59 Å². The summed E-state index contributed by atoms with van der Waals surface area (Å²) in [6.07, 6.45) is 2.44. The molecule has 0 amide bonds. The molecule has 0 bridgehead atoms. The highest BCUT2D eigenvalue weighted by molar-refractivity contribution is 7.18. The number of fused-ring (bicyclic) bond motifs is 1. The molecular formula is C20H28N6O4S. The Labute approximate surface area is 183 Å². The van der Waals surface area contributed by atoms with Gasteiger partial charge in [0, 0.05) is 38.2 Å². The molecule has 2 aromatic heterocycles.